The molecule has 0 saturated carbocycles. The highest BCUT2D eigenvalue weighted by molar-refractivity contribution is 6.09. The van der Waals surface area contributed by atoms with Crippen LogP contribution in [0, 0.1) is 11.8 Å². The summed E-state index contributed by atoms with van der Waals surface area (Å²) in [5.41, 5.74) is 10.7. The molecule has 2 atom stereocenters. The van der Waals surface area contributed by atoms with Gasteiger partial charge in [-0.2, -0.15) is 4.57 Å². The number of aromatic nitrogens is 2. The number of hydrogen-bond acceptors (Lipinski definition) is 2. The first-order valence-electron chi connectivity index (χ1n) is 14.6. The smallest absolute Gasteiger partial charge is 0.227 e. The summed E-state index contributed by atoms with van der Waals surface area (Å²) in [7, 11) is 0. The second-order valence-electron chi connectivity index (χ2n) is 12.2. The summed E-state index contributed by atoms with van der Waals surface area (Å²) in [6.07, 6.45) is 11.4. The Bertz CT molecular complexity index is 1730. The first-order chi connectivity index (χ1) is 19.0. The van der Waals surface area contributed by atoms with E-state index in [2.05, 4.69) is 98.8 Å². The van der Waals surface area contributed by atoms with Crippen molar-refractivity contribution < 1.29 is 8.98 Å². The third-order valence-corrected chi connectivity index (χ3v) is 9.27. The monoisotopic (exact) mass is 513 g/mol. The maximum absolute atomic E-state index is 6.74. The highest BCUT2D eigenvalue weighted by Gasteiger charge is 2.49. The van der Waals surface area contributed by atoms with Crippen LogP contribution in [0.5, 0.6) is 0 Å². The van der Waals surface area contributed by atoms with Gasteiger partial charge in [-0.25, -0.2) is 4.98 Å². The lowest BCUT2D eigenvalue weighted by molar-refractivity contribution is -0.760. The Labute approximate surface area is 231 Å². The molecule has 4 heterocycles. The molecule has 3 heteroatoms. The minimum atomic E-state index is -0.0841. The first kappa shape index (κ1) is 24.3. The third kappa shape index (κ3) is 3.77. The van der Waals surface area contributed by atoms with Gasteiger partial charge in [0.1, 0.15) is 0 Å². The zero-order chi connectivity index (χ0) is 26.7. The highest BCUT2D eigenvalue weighted by atomic mass is 16.3. The van der Waals surface area contributed by atoms with Crippen molar-refractivity contribution in [2.75, 3.05) is 0 Å². The van der Waals surface area contributed by atoms with E-state index in [1.165, 1.54) is 40.8 Å². The molecule has 0 bridgehead atoms. The van der Waals surface area contributed by atoms with E-state index in [1.54, 1.807) is 0 Å². The number of allylic oxidation sites excluding steroid dienone is 1. The van der Waals surface area contributed by atoms with Crippen LogP contribution in [0.15, 0.2) is 83.9 Å². The Morgan fingerprint density at radius 1 is 0.974 bits per heavy atom. The van der Waals surface area contributed by atoms with Crippen LogP contribution in [-0.4, -0.2) is 4.98 Å². The molecule has 196 valence electrons. The number of fused-ring (bicyclic) bond motifs is 9. The average molecular weight is 514 g/mol. The number of rotatable bonds is 5. The van der Waals surface area contributed by atoms with Crippen molar-refractivity contribution in [3.63, 3.8) is 0 Å². The molecule has 0 N–H and O–H groups in total. The fraction of sp³-hybridized carbons (Fsp3) is 0.333. The van der Waals surface area contributed by atoms with Gasteiger partial charge < -0.3 is 4.42 Å². The zero-order valence-electron chi connectivity index (χ0n) is 23.3. The van der Waals surface area contributed by atoms with Crippen LogP contribution in [0.3, 0.4) is 0 Å². The van der Waals surface area contributed by atoms with Crippen LogP contribution in [0.25, 0.3) is 44.6 Å². The summed E-state index contributed by atoms with van der Waals surface area (Å²) < 4.78 is 9.34. The second-order valence-corrected chi connectivity index (χ2v) is 12.2. The third-order valence-electron chi connectivity index (χ3n) is 9.27. The van der Waals surface area contributed by atoms with Gasteiger partial charge in [0, 0.05) is 47.2 Å². The number of aryl methyl sites for hydroxylation is 1. The minimum absolute atomic E-state index is 0.0841. The molecule has 0 fully saturated rings. The lowest BCUT2D eigenvalue weighted by atomic mass is 9.71. The Morgan fingerprint density at radius 2 is 1.77 bits per heavy atom. The number of nitrogens with zero attached hydrogens (tertiary/aromatic N) is 2. The van der Waals surface area contributed by atoms with Crippen molar-refractivity contribution in [3.05, 3.63) is 96.2 Å². The van der Waals surface area contributed by atoms with E-state index in [0.29, 0.717) is 17.5 Å². The molecule has 0 amide bonds. The summed E-state index contributed by atoms with van der Waals surface area (Å²) in [6.45, 7) is 11.4. The molecular weight excluding hydrogens is 476 g/mol. The predicted octanol–water partition coefficient (Wildman–Crippen LogP) is 8.60. The standard InChI is InChI=1S/C36H37N2O/c1-5-27(21-23(2)3)36(4)22-26-15-16-29-30-17-18-31(25-12-7-6-8-13-25)37-35(30)39-34(29)32(26)33-28-14-10-9-11-24(28)19-20-38(33)36/h5-8,12-13,15-20,23,27H,1,9-11,14,21-22H2,2-4H3/q+1. The molecule has 39 heavy (non-hydrogen) atoms. The van der Waals surface area contributed by atoms with E-state index < -0.39 is 0 Å². The first-order valence-corrected chi connectivity index (χ1v) is 14.6. The van der Waals surface area contributed by atoms with Crippen LogP contribution in [0.1, 0.15) is 56.7 Å². The number of hydrogen-bond donors (Lipinski definition) is 0. The van der Waals surface area contributed by atoms with Crippen LogP contribution < -0.4 is 4.57 Å². The van der Waals surface area contributed by atoms with Crippen molar-refractivity contribution in [2.45, 2.75) is 64.8 Å². The molecule has 7 rings (SSSR count). The topological polar surface area (TPSA) is 29.9 Å². The molecule has 2 unspecified atom stereocenters. The Morgan fingerprint density at radius 3 is 2.56 bits per heavy atom. The van der Waals surface area contributed by atoms with E-state index in [9.17, 15) is 0 Å². The summed E-state index contributed by atoms with van der Waals surface area (Å²) in [5, 5.41) is 2.24. The number of pyridine rings is 2. The molecule has 0 saturated heterocycles. The van der Waals surface area contributed by atoms with Crippen molar-refractivity contribution in [1.82, 2.24) is 4.98 Å². The fourth-order valence-corrected chi connectivity index (χ4v) is 7.29. The quantitative estimate of drug-likeness (QED) is 0.174. The highest BCUT2D eigenvalue weighted by Crippen LogP contribution is 2.46. The van der Waals surface area contributed by atoms with Crippen molar-refractivity contribution >= 4 is 22.1 Å². The van der Waals surface area contributed by atoms with Crippen molar-refractivity contribution in [1.29, 1.82) is 0 Å². The van der Waals surface area contributed by atoms with E-state index in [-0.39, 0.29) is 5.54 Å². The molecule has 5 aromatic rings. The largest absolute Gasteiger partial charge is 0.437 e. The van der Waals surface area contributed by atoms with Gasteiger partial charge in [-0.15, -0.1) is 6.58 Å². The lowest BCUT2D eigenvalue weighted by Crippen LogP contribution is -2.63. The normalized spacial score (nSPS) is 19.1. The molecule has 3 nitrogen and oxygen atoms in total. The second kappa shape index (κ2) is 9.19. The molecule has 2 aliphatic rings. The molecule has 2 aromatic carbocycles. The van der Waals surface area contributed by atoms with Gasteiger partial charge in [-0.3, -0.25) is 0 Å². The van der Waals surface area contributed by atoms with Gasteiger partial charge in [0.25, 0.3) is 0 Å². The van der Waals surface area contributed by atoms with Crippen molar-refractivity contribution in [3.8, 4) is 22.5 Å². The van der Waals surface area contributed by atoms with E-state index in [1.807, 2.05) is 6.07 Å². The number of furan rings is 1. The molecule has 1 aliphatic carbocycles. The lowest BCUT2D eigenvalue weighted by Gasteiger charge is -2.38. The van der Waals surface area contributed by atoms with E-state index >= 15 is 0 Å². The molecule has 0 radical (unpaired) electrons. The Balaban J connectivity index is 1.49. The fourth-order valence-electron chi connectivity index (χ4n) is 7.29. The molecule has 0 spiro atoms. The van der Waals surface area contributed by atoms with Crippen molar-refractivity contribution in [2.24, 2.45) is 11.8 Å². The summed E-state index contributed by atoms with van der Waals surface area (Å²) in [4.78, 5) is 4.99. The Kier molecular flexibility index (Phi) is 5.73. The summed E-state index contributed by atoms with van der Waals surface area (Å²) in [6, 6.07) is 21.7. The van der Waals surface area contributed by atoms with E-state index in [4.69, 9.17) is 9.40 Å². The van der Waals surface area contributed by atoms with Gasteiger partial charge in [-0.05, 0) is 61.3 Å². The maximum Gasteiger partial charge on any atom is 0.227 e. The van der Waals surface area contributed by atoms with Crippen LogP contribution in [0.4, 0.5) is 0 Å². The molecule has 3 aromatic heterocycles. The predicted molar refractivity (Wildman–Crippen MR) is 160 cm³/mol. The van der Waals surface area contributed by atoms with Gasteiger partial charge in [0.2, 0.25) is 11.4 Å². The number of benzene rings is 2. The zero-order valence-corrected chi connectivity index (χ0v) is 23.3. The van der Waals surface area contributed by atoms with Gasteiger partial charge in [0.05, 0.1) is 11.3 Å². The SMILES string of the molecule is C=CC(CC(C)C)C1(C)Cc2ccc3c(oc4nc(-c5ccccc5)ccc43)c2-c2c3c(cc[n+]21)CCCC3. The molecular formula is C36H37N2O+. The summed E-state index contributed by atoms with van der Waals surface area (Å²) >= 11 is 0. The van der Waals surface area contributed by atoms with Crippen LogP contribution in [0.2, 0.25) is 0 Å². The Hall–Kier alpha value is -3.72. The van der Waals surface area contributed by atoms with Gasteiger partial charge in [0.15, 0.2) is 17.3 Å². The van der Waals surface area contributed by atoms with Gasteiger partial charge in [-0.1, -0.05) is 62.4 Å². The van der Waals surface area contributed by atoms with Gasteiger partial charge >= 0.3 is 0 Å². The average Bonchev–Trinajstić information content (AvgIpc) is 3.33. The molecule has 1 aliphatic heterocycles. The van der Waals surface area contributed by atoms with Crippen LogP contribution in [-0.2, 0) is 24.8 Å². The minimum Gasteiger partial charge on any atom is -0.437 e. The van der Waals surface area contributed by atoms with Crippen LogP contribution >= 0.6 is 0 Å². The van der Waals surface area contributed by atoms with E-state index in [0.717, 1.165) is 53.3 Å². The maximum atomic E-state index is 6.74. The summed E-state index contributed by atoms with van der Waals surface area (Å²) in [5.74, 6) is 0.980.